The number of ether oxygens (including phenoxy) is 1. The van der Waals surface area contributed by atoms with Crippen LogP contribution in [0.15, 0.2) is 5.38 Å². The Kier molecular flexibility index (Phi) is 4.28. The van der Waals surface area contributed by atoms with Gasteiger partial charge in [0.2, 0.25) is 0 Å². The molecule has 0 spiro atoms. The summed E-state index contributed by atoms with van der Waals surface area (Å²) >= 11 is 1.16. The van der Waals surface area contributed by atoms with E-state index < -0.39 is 23.6 Å². The van der Waals surface area contributed by atoms with Gasteiger partial charge in [-0.25, -0.2) is 9.78 Å². The number of hydrogen-bond donors (Lipinski definition) is 2. The van der Waals surface area contributed by atoms with Crippen molar-refractivity contribution in [3.8, 4) is 0 Å². The number of thiazole rings is 1. The van der Waals surface area contributed by atoms with Crippen molar-refractivity contribution in [1.29, 1.82) is 0 Å². The van der Waals surface area contributed by atoms with Crippen LogP contribution in [0, 0.1) is 0 Å². The molecule has 0 aromatic carbocycles. The molecule has 6 nitrogen and oxygen atoms in total. The van der Waals surface area contributed by atoms with Gasteiger partial charge in [0.05, 0.1) is 11.6 Å². The van der Waals surface area contributed by atoms with Gasteiger partial charge >= 0.3 is 12.1 Å². The van der Waals surface area contributed by atoms with Gasteiger partial charge in [0.15, 0.2) is 5.13 Å². The number of aromatic nitrogens is 1. The highest BCUT2D eigenvalue weighted by atomic mass is 32.1. The molecule has 0 bridgehead atoms. The van der Waals surface area contributed by atoms with Gasteiger partial charge in [-0.2, -0.15) is 0 Å². The largest absolute Gasteiger partial charge is 0.481 e. The normalized spacial score (nSPS) is 12.9. The average Bonchev–Trinajstić information content (AvgIpc) is 2.61. The summed E-state index contributed by atoms with van der Waals surface area (Å²) in [7, 11) is 0. The maximum absolute atomic E-state index is 11.5. The van der Waals surface area contributed by atoms with Gasteiger partial charge in [-0.05, 0) is 27.7 Å². The third-order valence-electron chi connectivity index (χ3n) is 1.94. The first-order valence-corrected chi connectivity index (χ1v) is 6.25. The van der Waals surface area contributed by atoms with Crippen LogP contribution in [0.2, 0.25) is 0 Å². The Morgan fingerprint density at radius 3 is 2.61 bits per heavy atom. The molecule has 1 unspecified atom stereocenters. The van der Waals surface area contributed by atoms with Gasteiger partial charge in [-0.3, -0.25) is 10.1 Å². The van der Waals surface area contributed by atoms with Crippen molar-refractivity contribution < 1.29 is 19.4 Å². The number of aliphatic carboxylic acids is 1. The summed E-state index contributed by atoms with van der Waals surface area (Å²) < 4.78 is 5.06. The summed E-state index contributed by atoms with van der Waals surface area (Å²) in [5.74, 6) is -1.65. The van der Waals surface area contributed by atoms with Crippen LogP contribution in [0.3, 0.4) is 0 Å². The van der Waals surface area contributed by atoms with Crippen molar-refractivity contribution in [3.63, 3.8) is 0 Å². The summed E-state index contributed by atoms with van der Waals surface area (Å²) in [6, 6.07) is 0. The van der Waals surface area contributed by atoms with E-state index in [2.05, 4.69) is 10.3 Å². The molecule has 0 saturated carbocycles. The summed E-state index contributed by atoms with van der Waals surface area (Å²) in [5.41, 5.74) is -0.169. The maximum atomic E-state index is 11.5. The molecule has 2 N–H and O–H groups in total. The fourth-order valence-corrected chi connectivity index (χ4v) is 1.85. The van der Waals surface area contributed by atoms with Crippen LogP contribution < -0.4 is 5.32 Å². The number of nitrogens with zero attached hydrogens (tertiary/aromatic N) is 1. The number of amides is 1. The Labute approximate surface area is 109 Å². The number of anilines is 1. The predicted molar refractivity (Wildman–Crippen MR) is 68.0 cm³/mol. The van der Waals surface area contributed by atoms with Gasteiger partial charge in [-0.1, -0.05) is 0 Å². The predicted octanol–water partition coefficient (Wildman–Crippen LogP) is 2.68. The van der Waals surface area contributed by atoms with Crippen LogP contribution >= 0.6 is 11.3 Å². The molecule has 1 atom stereocenters. The molecule has 18 heavy (non-hydrogen) atoms. The Hall–Kier alpha value is -1.63. The SMILES string of the molecule is CC(C(=O)O)c1csc(NC(=O)OC(C)(C)C)n1. The lowest BCUT2D eigenvalue weighted by atomic mass is 10.1. The first-order chi connectivity index (χ1) is 8.19. The van der Waals surface area contributed by atoms with E-state index in [0.29, 0.717) is 10.8 Å². The van der Waals surface area contributed by atoms with Crippen LogP contribution in [-0.2, 0) is 9.53 Å². The first kappa shape index (κ1) is 14.4. The van der Waals surface area contributed by atoms with Crippen molar-refractivity contribution >= 4 is 28.5 Å². The number of carbonyl (C=O) groups is 2. The van der Waals surface area contributed by atoms with Crippen molar-refractivity contribution in [1.82, 2.24) is 4.98 Å². The highest BCUT2D eigenvalue weighted by Crippen LogP contribution is 2.22. The number of nitrogens with one attached hydrogen (secondary N) is 1. The van der Waals surface area contributed by atoms with Gasteiger partial charge < -0.3 is 9.84 Å². The third kappa shape index (κ3) is 4.33. The highest BCUT2D eigenvalue weighted by Gasteiger charge is 2.20. The van der Waals surface area contributed by atoms with E-state index in [-0.39, 0.29) is 0 Å². The molecule has 0 aliphatic heterocycles. The number of carboxylic acids is 1. The molecule has 0 saturated heterocycles. The zero-order valence-electron chi connectivity index (χ0n) is 10.7. The lowest BCUT2D eigenvalue weighted by Crippen LogP contribution is -2.27. The molecular weight excluding hydrogens is 256 g/mol. The Balaban J connectivity index is 2.65. The number of carbonyl (C=O) groups excluding carboxylic acids is 1. The fourth-order valence-electron chi connectivity index (χ4n) is 1.06. The summed E-state index contributed by atoms with van der Waals surface area (Å²) in [6.07, 6.45) is -0.605. The van der Waals surface area contributed by atoms with Crippen LogP contribution in [0.4, 0.5) is 9.93 Å². The molecule has 1 heterocycles. The standard InChI is InChI=1S/C11H16N2O4S/c1-6(8(14)15)7-5-18-9(12-7)13-10(16)17-11(2,3)4/h5-6H,1-4H3,(H,14,15)(H,12,13,16). The molecule has 1 rings (SSSR count). The first-order valence-electron chi connectivity index (χ1n) is 5.37. The lowest BCUT2D eigenvalue weighted by molar-refractivity contribution is -0.138. The van der Waals surface area contributed by atoms with E-state index in [1.807, 2.05) is 0 Å². The zero-order valence-corrected chi connectivity index (χ0v) is 11.5. The van der Waals surface area contributed by atoms with E-state index in [9.17, 15) is 9.59 Å². The van der Waals surface area contributed by atoms with Gasteiger partial charge in [-0.15, -0.1) is 11.3 Å². The molecule has 100 valence electrons. The minimum absolute atomic E-state index is 0.326. The molecule has 0 radical (unpaired) electrons. The van der Waals surface area contributed by atoms with Gasteiger partial charge in [0.1, 0.15) is 5.60 Å². The Morgan fingerprint density at radius 2 is 2.11 bits per heavy atom. The molecule has 0 aliphatic carbocycles. The monoisotopic (exact) mass is 272 g/mol. The van der Waals surface area contributed by atoms with Crippen molar-refractivity contribution in [3.05, 3.63) is 11.1 Å². The quantitative estimate of drug-likeness (QED) is 0.883. The number of carboxylic acid groups (broad SMARTS) is 1. The second kappa shape index (κ2) is 5.34. The second-order valence-corrected chi connectivity index (χ2v) is 5.62. The van der Waals surface area contributed by atoms with E-state index >= 15 is 0 Å². The van der Waals surface area contributed by atoms with Crippen LogP contribution in [-0.4, -0.2) is 27.8 Å². The van der Waals surface area contributed by atoms with E-state index in [4.69, 9.17) is 9.84 Å². The van der Waals surface area contributed by atoms with Crippen molar-refractivity contribution in [2.75, 3.05) is 5.32 Å². The lowest BCUT2D eigenvalue weighted by Gasteiger charge is -2.18. The highest BCUT2D eigenvalue weighted by molar-refractivity contribution is 7.13. The summed E-state index contributed by atoms with van der Waals surface area (Å²) in [6.45, 7) is 6.81. The van der Waals surface area contributed by atoms with Crippen LogP contribution in [0.1, 0.15) is 39.3 Å². The topological polar surface area (TPSA) is 88.5 Å². The third-order valence-corrected chi connectivity index (χ3v) is 2.72. The Morgan fingerprint density at radius 1 is 1.50 bits per heavy atom. The minimum atomic E-state index is -0.955. The molecule has 0 aliphatic rings. The molecule has 1 amide bonds. The van der Waals surface area contributed by atoms with Crippen molar-refractivity contribution in [2.24, 2.45) is 0 Å². The zero-order chi connectivity index (χ0) is 13.9. The number of rotatable bonds is 3. The maximum Gasteiger partial charge on any atom is 0.413 e. The van der Waals surface area contributed by atoms with Gasteiger partial charge in [0.25, 0.3) is 0 Å². The van der Waals surface area contributed by atoms with Crippen molar-refractivity contribution in [2.45, 2.75) is 39.2 Å². The van der Waals surface area contributed by atoms with Gasteiger partial charge in [0, 0.05) is 5.38 Å². The molecule has 1 aromatic rings. The van der Waals surface area contributed by atoms with E-state index in [0.717, 1.165) is 11.3 Å². The number of hydrogen-bond acceptors (Lipinski definition) is 5. The fraction of sp³-hybridized carbons (Fsp3) is 0.545. The van der Waals surface area contributed by atoms with E-state index in [1.54, 1.807) is 26.2 Å². The second-order valence-electron chi connectivity index (χ2n) is 4.76. The smallest absolute Gasteiger partial charge is 0.413 e. The summed E-state index contributed by atoms with van der Waals surface area (Å²) in [5, 5.41) is 13.2. The minimum Gasteiger partial charge on any atom is -0.481 e. The average molecular weight is 272 g/mol. The Bertz CT molecular complexity index is 450. The van der Waals surface area contributed by atoms with Crippen LogP contribution in [0.5, 0.6) is 0 Å². The summed E-state index contributed by atoms with van der Waals surface area (Å²) in [4.78, 5) is 26.3. The molecule has 7 heteroatoms. The van der Waals surface area contributed by atoms with Crippen LogP contribution in [0.25, 0.3) is 0 Å². The molecule has 0 fully saturated rings. The molecule has 1 aromatic heterocycles. The molecular formula is C11H16N2O4S. The van der Waals surface area contributed by atoms with E-state index in [1.165, 1.54) is 6.92 Å².